The van der Waals surface area contributed by atoms with Crippen molar-refractivity contribution in [2.24, 2.45) is 5.92 Å². The Kier molecular flexibility index (Phi) is 4.84. The summed E-state index contributed by atoms with van der Waals surface area (Å²) >= 11 is 5.61. The Bertz CT molecular complexity index is 425. The highest BCUT2D eigenvalue weighted by Gasteiger charge is 2.18. The first kappa shape index (κ1) is 13.4. The number of hydrogen-bond donors (Lipinski definition) is 3. The van der Waals surface area contributed by atoms with Crippen LogP contribution in [-0.2, 0) is 4.79 Å². The van der Waals surface area contributed by atoms with Gasteiger partial charge in [-0.3, -0.25) is 5.41 Å². The lowest BCUT2D eigenvalue weighted by molar-refractivity contribution is -0.129. The molecule has 1 rings (SSSR count). The lowest BCUT2D eigenvalue weighted by atomic mass is 10.0. The lowest BCUT2D eigenvalue weighted by Gasteiger charge is -2.14. The second-order valence-electron chi connectivity index (χ2n) is 3.42. The van der Waals surface area contributed by atoms with E-state index in [0.717, 1.165) is 0 Å². The number of anilines is 1. The van der Waals surface area contributed by atoms with Crippen LogP contribution in [0.4, 0.5) is 5.82 Å². The first-order valence-corrected chi connectivity index (χ1v) is 5.46. The van der Waals surface area contributed by atoms with Gasteiger partial charge in [-0.05, 0) is 24.1 Å². The van der Waals surface area contributed by atoms with E-state index in [1.54, 1.807) is 6.07 Å². The van der Waals surface area contributed by atoms with Gasteiger partial charge >= 0.3 is 5.97 Å². The molecule has 3 N–H and O–H groups in total. The van der Waals surface area contributed by atoms with Crippen LogP contribution in [0.3, 0.4) is 0 Å². The van der Waals surface area contributed by atoms with Gasteiger partial charge in [-0.1, -0.05) is 6.92 Å². The molecule has 1 aromatic rings. The molecule has 0 aliphatic heterocycles. The van der Waals surface area contributed by atoms with E-state index in [-0.39, 0.29) is 16.9 Å². The number of rotatable bonds is 6. The van der Waals surface area contributed by atoms with Gasteiger partial charge in [-0.25, -0.2) is 14.8 Å². The molecule has 0 saturated heterocycles. The number of nitrogens with one attached hydrogen (secondary N) is 2. The zero-order valence-corrected chi connectivity index (χ0v) is 10.0. The Morgan fingerprint density at radius 1 is 1.71 bits per heavy atom. The molecule has 0 spiro atoms. The SMILES string of the molecule is CC[C@H](CNc1ccnc(Cl)n1)C(=N)C(=O)O. The topological polar surface area (TPSA) is 99.0 Å². The van der Waals surface area contributed by atoms with Gasteiger partial charge in [0.15, 0.2) is 0 Å². The van der Waals surface area contributed by atoms with E-state index in [0.29, 0.717) is 18.8 Å². The maximum atomic E-state index is 10.7. The Hall–Kier alpha value is -1.69. The van der Waals surface area contributed by atoms with E-state index in [9.17, 15) is 4.79 Å². The third kappa shape index (κ3) is 3.99. The molecule has 7 heteroatoms. The van der Waals surface area contributed by atoms with Crippen molar-refractivity contribution < 1.29 is 9.90 Å². The van der Waals surface area contributed by atoms with Gasteiger partial charge in [0, 0.05) is 18.7 Å². The summed E-state index contributed by atoms with van der Waals surface area (Å²) in [6.45, 7) is 2.16. The Labute approximate surface area is 104 Å². The van der Waals surface area contributed by atoms with Crippen LogP contribution in [-0.4, -0.2) is 33.3 Å². The molecule has 0 aliphatic carbocycles. The fourth-order valence-corrected chi connectivity index (χ4v) is 1.43. The highest BCUT2D eigenvalue weighted by atomic mass is 35.5. The number of hydrogen-bond acceptors (Lipinski definition) is 5. The molecule has 0 aliphatic rings. The average Bonchev–Trinajstić information content (AvgIpc) is 2.29. The fraction of sp³-hybridized carbons (Fsp3) is 0.400. The molecule has 0 amide bonds. The minimum atomic E-state index is -1.20. The standard InChI is InChI=1S/C10H13ClN4O2/c1-2-6(8(12)9(16)17)5-14-7-3-4-13-10(11)15-7/h3-4,6,12H,2,5H2,1H3,(H,16,17)(H,13,14,15)/t6-/m1/s1. The number of halogens is 1. The summed E-state index contributed by atoms with van der Waals surface area (Å²) < 4.78 is 0. The largest absolute Gasteiger partial charge is 0.477 e. The first-order chi connectivity index (χ1) is 8.04. The quantitative estimate of drug-likeness (QED) is 0.531. The van der Waals surface area contributed by atoms with Gasteiger partial charge < -0.3 is 10.4 Å². The second-order valence-corrected chi connectivity index (χ2v) is 3.75. The van der Waals surface area contributed by atoms with Crippen LogP contribution in [0, 0.1) is 11.3 Å². The van der Waals surface area contributed by atoms with Crippen molar-refractivity contribution >= 4 is 29.1 Å². The second kappa shape index (κ2) is 6.15. The van der Waals surface area contributed by atoms with E-state index in [2.05, 4.69) is 15.3 Å². The third-order valence-electron chi connectivity index (χ3n) is 2.29. The zero-order valence-electron chi connectivity index (χ0n) is 9.27. The predicted octanol–water partition coefficient (Wildman–Crippen LogP) is 1.67. The molecule has 92 valence electrons. The zero-order chi connectivity index (χ0) is 12.8. The van der Waals surface area contributed by atoms with Crippen molar-refractivity contribution in [1.82, 2.24) is 9.97 Å². The third-order valence-corrected chi connectivity index (χ3v) is 2.47. The van der Waals surface area contributed by atoms with Crippen LogP contribution in [0.1, 0.15) is 13.3 Å². The molecule has 0 aromatic carbocycles. The van der Waals surface area contributed by atoms with Gasteiger partial charge in [0.2, 0.25) is 5.28 Å². The smallest absolute Gasteiger partial charge is 0.349 e. The highest BCUT2D eigenvalue weighted by molar-refractivity contribution is 6.35. The summed E-state index contributed by atoms with van der Waals surface area (Å²) in [5, 5.41) is 19.2. The van der Waals surface area contributed by atoms with Crippen LogP contribution in [0.15, 0.2) is 12.3 Å². The average molecular weight is 257 g/mol. The normalized spacial score (nSPS) is 11.9. The minimum Gasteiger partial charge on any atom is -0.477 e. The predicted molar refractivity (Wildman–Crippen MR) is 64.7 cm³/mol. The van der Waals surface area contributed by atoms with Gasteiger partial charge in [0.05, 0.1) is 0 Å². The van der Waals surface area contributed by atoms with Gasteiger partial charge in [-0.15, -0.1) is 0 Å². The number of carboxylic acid groups (broad SMARTS) is 1. The van der Waals surface area contributed by atoms with Crippen LogP contribution < -0.4 is 5.32 Å². The Balaban J connectivity index is 2.59. The fourth-order valence-electron chi connectivity index (χ4n) is 1.29. The number of carboxylic acids is 1. The molecule has 0 radical (unpaired) electrons. The monoisotopic (exact) mass is 256 g/mol. The molecule has 0 unspecified atom stereocenters. The van der Waals surface area contributed by atoms with Gasteiger partial charge in [0.25, 0.3) is 0 Å². The molecular formula is C10H13ClN4O2. The Morgan fingerprint density at radius 3 is 2.94 bits per heavy atom. The molecule has 0 fully saturated rings. The van der Waals surface area contributed by atoms with Crippen molar-refractivity contribution in [2.75, 3.05) is 11.9 Å². The molecule has 0 bridgehead atoms. The molecule has 0 saturated carbocycles. The molecule has 1 atom stereocenters. The molecule has 6 nitrogen and oxygen atoms in total. The number of nitrogens with zero attached hydrogens (tertiary/aromatic N) is 2. The van der Waals surface area contributed by atoms with Crippen LogP contribution >= 0.6 is 11.6 Å². The molecular weight excluding hydrogens is 244 g/mol. The van der Waals surface area contributed by atoms with Crippen LogP contribution in [0.5, 0.6) is 0 Å². The van der Waals surface area contributed by atoms with Crippen molar-refractivity contribution in [3.8, 4) is 0 Å². The summed E-state index contributed by atoms with van der Waals surface area (Å²) in [5.41, 5.74) is -0.305. The molecule has 1 heterocycles. The van der Waals surface area contributed by atoms with Crippen LogP contribution in [0.25, 0.3) is 0 Å². The summed E-state index contributed by atoms with van der Waals surface area (Å²) in [6.07, 6.45) is 2.07. The lowest BCUT2D eigenvalue weighted by Crippen LogP contribution is -2.28. The van der Waals surface area contributed by atoms with Gasteiger partial charge in [-0.2, -0.15) is 0 Å². The number of aliphatic carboxylic acids is 1. The first-order valence-electron chi connectivity index (χ1n) is 5.08. The van der Waals surface area contributed by atoms with E-state index in [1.807, 2.05) is 6.92 Å². The highest BCUT2D eigenvalue weighted by Crippen LogP contribution is 2.09. The van der Waals surface area contributed by atoms with Crippen molar-refractivity contribution in [3.63, 3.8) is 0 Å². The summed E-state index contributed by atoms with van der Waals surface area (Å²) in [4.78, 5) is 18.3. The number of carbonyl (C=O) groups is 1. The summed E-state index contributed by atoms with van der Waals surface area (Å²) in [6, 6.07) is 1.63. The van der Waals surface area contributed by atoms with E-state index >= 15 is 0 Å². The summed E-state index contributed by atoms with van der Waals surface area (Å²) in [7, 11) is 0. The molecule has 1 aromatic heterocycles. The van der Waals surface area contributed by atoms with Crippen molar-refractivity contribution in [3.05, 3.63) is 17.5 Å². The molecule has 17 heavy (non-hydrogen) atoms. The minimum absolute atomic E-state index is 0.122. The maximum Gasteiger partial charge on any atom is 0.349 e. The van der Waals surface area contributed by atoms with Gasteiger partial charge in [0.1, 0.15) is 11.5 Å². The van der Waals surface area contributed by atoms with Crippen molar-refractivity contribution in [1.29, 1.82) is 5.41 Å². The van der Waals surface area contributed by atoms with Crippen LogP contribution in [0.2, 0.25) is 5.28 Å². The maximum absolute atomic E-state index is 10.7. The number of aromatic nitrogens is 2. The van der Waals surface area contributed by atoms with Crippen molar-refractivity contribution in [2.45, 2.75) is 13.3 Å². The Morgan fingerprint density at radius 2 is 2.41 bits per heavy atom. The van der Waals surface area contributed by atoms with E-state index in [1.165, 1.54) is 6.20 Å². The van der Waals surface area contributed by atoms with E-state index in [4.69, 9.17) is 22.1 Å². The summed E-state index contributed by atoms with van der Waals surface area (Å²) in [5.74, 6) is -1.04. The van der Waals surface area contributed by atoms with E-state index < -0.39 is 5.97 Å².